The van der Waals surface area contributed by atoms with E-state index in [4.69, 9.17) is 4.98 Å². The summed E-state index contributed by atoms with van der Waals surface area (Å²) in [6.45, 7) is 1.99. The van der Waals surface area contributed by atoms with Gasteiger partial charge < -0.3 is 5.32 Å². The van der Waals surface area contributed by atoms with Crippen molar-refractivity contribution in [3.63, 3.8) is 0 Å². The molecule has 1 N–H and O–H groups in total. The van der Waals surface area contributed by atoms with E-state index in [0.717, 1.165) is 39.8 Å². The number of rotatable bonds is 3. The number of aromatic nitrogens is 3. The molecule has 5 heteroatoms. The molecule has 1 amide bonds. The zero-order chi connectivity index (χ0) is 18.3. The van der Waals surface area contributed by atoms with E-state index in [2.05, 4.69) is 16.5 Å². The highest BCUT2D eigenvalue weighted by Crippen LogP contribution is 2.53. The third-order valence-corrected chi connectivity index (χ3v) is 7.75. The van der Waals surface area contributed by atoms with E-state index in [1.54, 1.807) is 0 Å². The van der Waals surface area contributed by atoms with Gasteiger partial charge in [0, 0.05) is 24.7 Å². The minimum Gasteiger partial charge on any atom is -0.349 e. The Balaban J connectivity index is 1.36. The van der Waals surface area contributed by atoms with Gasteiger partial charge >= 0.3 is 0 Å². The smallest absolute Gasteiger partial charge is 0.252 e. The van der Waals surface area contributed by atoms with Crippen molar-refractivity contribution in [1.82, 2.24) is 20.1 Å². The Hall–Kier alpha value is -1.91. The van der Waals surface area contributed by atoms with Gasteiger partial charge in [0.2, 0.25) is 0 Å². The molecule has 5 aliphatic rings. The fourth-order valence-electron chi connectivity index (χ4n) is 6.62. The minimum atomic E-state index is 0.0953. The van der Waals surface area contributed by atoms with Gasteiger partial charge in [0.15, 0.2) is 5.65 Å². The third-order valence-electron chi connectivity index (χ3n) is 7.75. The molecule has 0 spiro atoms. The summed E-state index contributed by atoms with van der Waals surface area (Å²) in [5, 5.41) is 8.97. The first kappa shape index (κ1) is 16.1. The van der Waals surface area contributed by atoms with Crippen LogP contribution in [0.25, 0.3) is 11.0 Å². The van der Waals surface area contributed by atoms with Gasteiger partial charge in [-0.3, -0.25) is 9.48 Å². The van der Waals surface area contributed by atoms with Gasteiger partial charge in [-0.2, -0.15) is 5.10 Å². The largest absolute Gasteiger partial charge is 0.349 e. The summed E-state index contributed by atoms with van der Waals surface area (Å²) in [6.07, 6.45) is 9.11. The molecule has 2 heterocycles. The Bertz CT molecular complexity index is 913. The second-order valence-corrected chi connectivity index (χ2v) is 9.71. The van der Waals surface area contributed by atoms with Crippen molar-refractivity contribution in [2.24, 2.45) is 30.7 Å². The van der Waals surface area contributed by atoms with E-state index in [1.807, 2.05) is 18.7 Å². The molecule has 7 rings (SSSR count). The zero-order valence-corrected chi connectivity index (χ0v) is 16.2. The van der Waals surface area contributed by atoms with Crippen LogP contribution >= 0.6 is 0 Å². The van der Waals surface area contributed by atoms with E-state index in [0.29, 0.717) is 23.8 Å². The summed E-state index contributed by atoms with van der Waals surface area (Å²) in [5.41, 5.74) is 3.62. The molecule has 2 aromatic rings. The van der Waals surface area contributed by atoms with Crippen molar-refractivity contribution in [2.75, 3.05) is 0 Å². The van der Waals surface area contributed by atoms with Crippen molar-refractivity contribution >= 4 is 16.9 Å². The van der Waals surface area contributed by atoms with E-state index >= 15 is 0 Å². The van der Waals surface area contributed by atoms with Crippen LogP contribution in [0.15, 0.2) is 6.07 Å². The molecule has 27 heavy (non-hydrogen) atoms. The van der Waals surface area contributed by atoms with Crippen LogP contribution in [0.4, 0.5) is 0 Å². The van der Waals surface area contributed by atoms with Crippen molar-refractivity contribution in [3.05, 3.63) is 23.0 Å². The summed E-state index contributed by atoms with van der Waals surface area (Å²) >= 11 is 0. The standard InChI is InChI=1S/C22H28N4O/c1-11-19-17(10-18(14-3-4-14)23-21(19)26(2)25-11)22(27)24-20-15-6-12-5-13(8-15)9-16(20)7-12/h10,12-16,20H,3-9H2,1-2H3,(H,24,27). The first-order valence-corrected chi connectivity index (χ1v) is 10.7. The predicted molar refractivity (Wildman–Crippen MR) is 104 cm³/mol. The van der Waals surface area contributed by atoms with Crippen molar-refractivity contribution in [2.45, 2.75) is 63.8 Å². The molecule has 5 fully saturated rings. The Labute approximate surface area is 159 Å². The van der Waals surface area contributed by atoms with Crippen LogP contribution in [0, 0.1) is 30.6 Å². The first-order valence-electron chi connectivity index (χ1n) is 10.7. The van der Waals surface area contributed by atoms with Crippen molar-refractivity contribution in [1.29, 1.82) is 0 Å². The van der Waals surface area contributed by atoms with Gasteiger partial charge in [-0.25, -0.2) is 4.98 Å². The maximum atomic E-state index is 13.4. The number of amides is 1. The molecule has 5 aliphatic carbocycles. The van der Waals surface area contributed by atoms with Crippen LogP contribution in [-0.4, -0.2) is 26.7 Å². The highest BCUT2D eigenvalue weighted by Gasteiger charge is 2.48. The number of nitrogens with zero attached hydrogens (tertiary/aromatic N) is 3. The number of nitrogens with one attached hydrogen (secondary N) is 1. The Kier molecular flexibility index (Phi) is 3.31. The molecule has 0 atom stereocenters. The van der Waals surface area contributed by atoms with Gasteiger partial charge in [0.1, 0.15) is 0 Å². The van der Waals surface area contributed by atoms with Crippen LogP contribution in [0.2, 0.25) is 0 Å². The normalized spacial score (nSPS) is 34.4. The molecule has 4 bridgehead atoms. The first-order chi connectivity index (χ1) is 13.1. The Morgan fingerprint density at radius 3 is 2.41 bits per heavy atom. The number of fused-ring (bicyclic) bond motifs is 1. The van der Waals surface area contributed by atoms with E-state index in [1.165, 1.54) is 44.9 Å². The topological polar surface area (TPSA) is 59.8 Å². The molecular formula is C22H28N4O. The summed E-state index contributed by atoms with van der Waals surface area (Å²) in [6, 6.07) is 2.43. The molecule has 2 aromatic heterocycles. The van der Waals surface area contributed by atoms with Gasteiger partial charge in [0.25, 0.3) is 5.91 Å². The fourth-order valence-corrected chi connectivity index (χ4v) is 6.62. The number of aryl methyl sites for hydroxylation is 2. The Morgan fingerprint density at radius 1 is 1.11 bits per heavy atom. The molecule has 0 radical (unpaired) electrons. The highest BCUT2D eigenvalue weighted by atomic mass is 16.1. The van der Waals surface area contributed by atoms with Crippen LogP contribution < -0.4 is 5.32 Å². The third kappa shape index (κ3) is 2.46. The highest BCUT2D eigenvalue weighted by molar-refractivity contribution is 6.06. The van der Waals surface area contributed by atoms with Gasteiger partial charge in [-0.05, 0) is 81.6 Å². The number of pyridine rings is 1. The molecule has 0 aliphatic heterocycles. The maximum Gasteiger partial charge on any atom is 0.252 e. The van der Waals surface area contributed by atoms with E-state index in [9.17, 15) is 4.79 Å². The summed E-state index contributed by atoms with van der Waals surface area (Å²) in [5.74, 6) is 3.86. The van der Waals surface area contributed by atoms with Crippen LogP contribution in [-0.2, 0) is 7.05 Å². The zero-order valence-electron chi connectivity index (χ0n) is 16.2. The number of carbonyl (C=O) groups excluding carboxylic acids is 1. The fraction of sp³-hybridized carbons (Fsp3) is 0.682. The van der Waals surface area contributed by atoms with Crippen LogP contribution in [0.1, 0.15) is 72.6 Å². The monoisotopic (exact) mass is 364 g/mol. The lowest BCUT2D eigenvalue weighted by molar-refractivity contribution is -0.0119. The van der Waals surface area contributed by atoms with Gasteiger partial charge in [-0.1, -0.05) is 0 Å². The Morgan fingerprint density at radius 2 is 1.78 bits per heavy atom. The average Bonchev–Trinajstić information content (AvgIpc) is 3.44. The molecule has 142 valence electrons. The number of hydrogen-bond acceptors (Lipinski definition) is 3. The SMILES string of the molecule is Cc1nn(C)c2nc(C3CC3)cc(C(=O)NC3C4CC5CC(C4)CC3C5)c12. The van der Waals surface area contributed by atoms with Crippen molar-refractivity contribution < 1.29 is 4.79 Å². The molecular weight excluding hydrogens is 336 g/mol. The van der Waals surface area contributed by atoms with Gasteiger partial charge in [-0.15, -0.1) is 0 Å². The summed E-state index contributed by atoms with van der Waals surface area (Å²) in [7, 11) is 1.93. The number of carbonyl (C=O) groups is 1. The summed E-state index contributed by atoms with van der Waals surface area (Å²) in [4.78, 5) is 18.3. The average molecular weight is 364 g/mol. The maximum absolute atomic E-state index is 13.4. The predicted octanol–water partition coefficient (Wildman–Crippen LogP) is 3.71. The lowest BCUT2D eigenvalue weighted by atomic mass is 9.54. The second-order valence-electron chi connectivity index (χ2n) is 9.71. The van der Waals surface area contributed by atoms with Crippen LogP contribution in [0.5, 0.6) is 0 Å². The minimum absolute atomic E-state index is 0.0953. The molecule has 0 saturated heterocycles. The van der Waals surface area contributed by atoms with Crippen molar-refractivity contribution in [3.8, 4) is 0 Å². The molecule has 0 unspecified atom stereocenters. The van der Waals surface area contributed by atoms with E-state index in [-0.39, 0.29) is 5.91 Å². The lowest BCUT2D eigenvalue weighted by Crippen LogP contribution is -2.55. The van der Waals surface area contributed by atoms with Crippen LogP contribution in [0.3, 0.4) is 0 Å². The van der Waals surface area contributed by atoms with Gasteiger partial charge in [0.05, 0.1) is 16.6 Å². The molecule has 5 nitrogen and oxygen atoms in total. The molecule has 0 aromatic carbocycles. The molecule has 5 saturated carbocycles. The second kappa shape index (κ2) is 5.55. The quantitative estimate of drug-likeness (QED) is 0.903. The lowest BCUT2D eigenvalue weighted by Gasteiger charge is -2.54. The van der Waals surface area contributed by atoms with E-state index < -0.39 is 0 Å². The summed E-state index contributed by atoms with van der Waals surface area (Å²) < 4.78 is 1.83. The number of hydrogen-bond donors (Lipinski definition) is 1.